The molecule has 21 heavy (non-hydrogen) atoms. The predicted octanol–water partition coefficient (Wildman–Crippen LogP) is 3.82. The molecule has 0 bridgehead atoms. The summed E-state index contributed by atoms with van der Waals surface area (Å²) >= 11 is 0. The second kappa shape index (κ2) is 5.20. The van der Waals surface area contributed by atoms with Gasteiger partial charge >= 0.3 is 6.18 Å². The summed E-state index contributed by atoms with van der Waals surface area (Å²) in [6.45, 7) is 3.90. The van der Waals surface area contributed by atoms with Crippen molar-refractivity contribution in [2.24, 2.45) is 0 Å². The van der Waals surface area contributed by atoms with Crippen molar-refractivity contribution in [1.29, 1.82) is 0 Å². The number of hydrogen-bond acceptors (Lipinski definition) is 2. The maximum Gasteiger partial charge on any atom is 0.416 e. The molecular formula is C16H21F3N2. The molecule has 1 spiro atoms. The third-order valence-electron chi connectivity index (χ3n) is 4.86. The number of piperazine rings is 1. The average Bonchev–Trinajstić information content (AvgIpc) is 2.90. The van der Waals surface area contributed by atoms with Crippen molar-refractivity contribution in [1.82, 2.24) is 5.32 Å². The lowest BCUT2D eigenvalue weighted by atomic mass is 9.92. The highest BCUT2D eigenvalue weighted by atomic mass is 19.4. The van der Waals surface area contributed by atoms with E-state index in [2.05, 4.69) is 17.1 Å². The maximum absolute atomic E-state index is 12.7. The third kappa shape index (κ3) is 2.89. The highest BCUT2D eigenvalue weighted by molar-refractivity contribution is 5.50. The molecule has 1 unspecified atom stereocenters. The van der Waals surface area contributed by atoms with Gasteiger partial charge in [0.15, 0.2) is 0 Å². The third-order valence-corrected chi connectivity index (χ3v) is 4.86. The van der Waals surface area contributed by atoms with Gasteiger partial charge in [0.25, 0.3) is 0 Å². The van der Waals surface area contributed by atoms with Crippen molar-refractivity contribution in [2.45, 2.75) is 50.4 Å². The minimum absolute atomic E-state index is 0.162. The van der Waals surface area contributed by atoms with Crippen LogP contribution in [0.1, 0.15) is 38.2 Å². The molecule has 1 saturated carbocycles. The molecule has 1 atom stereocenters. The summed E-state index contributed by atoms with van der Waals surface area (Å²) in [6, 6.07) is 5.88. The van der Waals surface area contributed by atoms with E-state index in [1.807, 2.05) is 0 Å². The van der Waals surface area contributed by atoms with E-state index in [-0.39, 0.29) is 5.54 Å². The van der Waals surface area contributed by atoms with Crippen LogP contribution < -0.4 is 10.2 Å². The molecule has 0 aromatic heterocycles. The number of hydrogen-bond donors (Lipinski definition) is 1. The van der Waals surface area contributed by atoms with Gasteiger partial charge in [0.05, 0.1) is 5.56 Å². The number of halogens is 3. The van der Waals surface area contributed by atoms with Crippen LogP contribution in [0.2, 0.25) is 0 Å². The number of nitrogens with zero attached hydrogens (tertiary/aromatic N) is 1. The molecule has 1 heterocycles. The molecule has 2 fully saturated rings. The van der Waals surface area contributed by atoms with E-state index in [0.717, 1.165) is 31.6 Å². The fourth-order valence-electron chi connectivity index (χ4n) is 3.59. The Kier molecular flexibility index (Phi) is 3.64. The normalized spacial score (nSPS) is 25.5. The monoisotopic (exact) mass is 298 g/mol. The van der Waals surface area contributed by atoms with Gasteiger partial charge in [-0.3, -0.25) is 0 Å². The summed E-state index contributed by atoms with van der Waals surface area (Å²) in [7, 11) is 0. The van der Waals surface area contributed by atoms with Gasteiger partial charge in [-0.2, -0.15) is 13.2 Å². The zero-order chi connectivity index (χ0) is 15.1. The zero-order valence-corrected chi connectivity index (χ0v) is 12.2. The first kappa shape index (κ1) is 14.7. The van der Waals surface area contributed by atoms with Gasteiger partial charge in [0, 0.05) is 30.4 Å². The number of rotatable bonds is 1. The van der Waals surface area contributed by atoms with Gasteiger partial charge in [0.1, 0.15) is 0 Å². The highest BCUT2D eigenvalue weighted by Crippen LogP contribution is 2.36. The highest BCUT2D eigenvalue weighted by Gasteiger charge is 2.40. The van der Waals surface area contributed by atoms with Crippen molar-refractivity contribution in [2.75, 3.05) is 18.0 Å². The van der Waals surface area contributed by atoms with Crippen LogP contribution in [0.5, 0.6) is 0 Å². The summed E-state index contributed by atoms with van der Waals surface area (Å²) in [4.78, 5) is 2.25. The fourth-order valence-corrected chi connectivity index (χ4v) is 3.59. The second-order valence-electron chi connectivity index (χ2n) is 6.39. The van der Waals surface area contributed by atoms with Crippen molar-refractivity contribution in [3.63, 3.8) is 0 Å². The van der Waals surface area contributed by atoms with Crippen molar-refractivity contribution >= 4 is 5.69 Å². The lowest BCUT2D eigenvalue weighted by molar-refractivity contribution is -0.137. The van der Waals surface area contributed by atoms with E-state index < -0.39 is 11.7 Å². The Morgan fingerprint density at radius 3 is 2.33 bits per heavy atom. The minimum atomic E-state index is -4.26. The molecular weight excluding hydrogens is 277 g/mol. The number of anilines is 1. The van der Waals surface area contributed by atoms with Crippen LogP contribution in [0.25, 0.3) is 0 Å². The molecule has 116 valence electrons. The van der Waals surface area contributed by atoms with Crippen molar-refractivity contribution in [3.05, 3.63) is 29.8 Å². The van der Waals surface area contributed by atoms with Gasteiger partial charge in [-0.15, -0.1) is 0 Å². The predicted molar refractivity (Wildman–Crippen MR) is 77.5 cm³/mol. The molecule has 1 N–H and O–H groups in total. The summed E-state index contributed by atoms with van der Waals surface area (Å²) < 4.78 is 38.0. The molecule has 2 aliphatic rings. The summed E-state index contributed by atoms with van der Waals surface area (Å²) in [6.07, 6.45) is 0.540. The van der Waals surface area contributed by atoms with Crippen LogP contribution in [0, 0.1) is 0 Å². The lowest BCUT2D eigenvalue weighted by Crippen LogP contribution is -2.62. The van der Waals surface area contributed by atoms with E-state index >= 15 is 0 Å². The fraction of sp³-hybridized carbons (Fsp3) is 0.625. The van der Waals surface area contributed by atoms with Crippen LogP contribution in [0.4, 0.5) is 18.9 Å². The second-order valence-corrected chi connectivity index (χ2v) is 6.39. The Hall–Kier alpha value is -1.23. The molecule has 1 aromatic carbocycles. The van der Waals surface area contributed by atoms with E-state index in [1.165, 1.54) is 25.0 Å². The quantitative estimate of drug-likeness (QED) is 0.848. The molecule has 0 radical (unpaired) electrons. The number of benzene rings is 1. The molecule has 5 heteroatoms. The molecule has 2 nitrogen and oxygen atoms in total. The van der Waals surface area contributed by atoms with Crippen LogP contribution in [0.3, 0.4) is 0 Å². The Morgan fingerprint density at radius 2 is 1.76 bits per heavy atom. The van der Waals surface area contributed by atoms with E-state index in [0.29, 0.717) is 6.04 Å². The maximum atomic E-state index is 12.7. The Balaban J connectivity index is 1.81. The first-order valence-electron chi connectivity index (χ1n) is 7.59. The molecule has 1 aliphatic heterocycles. The Labute approximate surface area is 123 Å². The zero-order valence-electron chi connectivity index (χ0n) is 12.2. The first-order valence-corrected chi connectivity index (χ1v) is 7.59. The van der Waals surface area contributed by atoms with Crippen molar-refractivity contribution < 1.29 is 13.2 Å². The van der Waals surface area contributed by atoms with Crippen molar-refractivity contribution in [3.8, 4) is 0 Å². The van der Waals surface area contributed by atoms with Gasteiger partial charge < -0.3 is 10.2 Å². The van der Waals surface area contributed by atoms with Gasteiger partial charge in [-0.1, -0.05) is 12.8 Å². The van der Waals surface area contributed by atoms with E-state index in [1.54, 1.807) is 12.1 Å². The summed E-state index contributed by atoms with van der Waals surface area (Å²) in [5.74, 6) is 0. The standard InChI is InChI=1S/C16H21F3N2/c1-12-10-20-15(8-2-3-9-15)11-21(12)14-6-4-13(5-7-14)16(17,18)19/h4-7,12,20H,2-3,8-11H2,1H3. The summed E-state index contributed by atoms with van der Waals surface area (Å²) in [5.41, 5.74) is 0.475. The SMILES string of the molecule is CC1CNC2(CCCC2)CN1c1ccc(C(F)(F)F)cc1. The smallest absolute Gasteiger partial charge is 0.366 e. The topological polar surface area (TPSA) is 15.3 Å². The molecule has 1 saturated heterocycles. The average molecular weight is 298 g/mol. The van der Waals surface area contributed by atoms with E-state index in [4.69, 9.17) is 0 Å². The van der Waals surface area contributed by atoms with Gasteiger partial charge in [-0.05, 0) is 44.0 Å². The Bertz CT molecular complexity index is 489. The summed E-state index contributed by atoms with van der Waals surface area (Å²) in [5, 5.41) is 3.66. The van der Waals surface area contributed by atoms with Gasteiger partial charge in [0.2, 0.25) is 0 Å². The molecule has 1 aromatic rings. The van der Waals surface area contributed by atoms with Crippen LogP contribution in [-0.2, 0) is 6.18 Å². The van der Waals surface area contributed by atoms with Gasteiger partial charge in [-0.25, -0.2) is 0 Å². The molecule has 1 aliphatic carbocycles. The number of alkyl halides is 3. The first-order chi connectivity index (χ1) is 9.90. The number of nitrogens with one attached hydrogen (secondary N) is 1. The lowest BCUT2D eigenvalue weighted by Gasteiger charge is -2.46. The van der Waals surface area contributed by atoms with Crippen LogP contribution in [-0.4, -0.2) is 24.7 Å². The minimum Gasteiger partial charge on any atom is -0.366 e. The van der Waals surface area contributed by atoms with Crippen LogP contribution in [0.15, 0.2) is 24.3 Å². The van der Waals surface area contributed by atoms with E-state index in [9.17, 15) is 13.2 Å². The largest absolute Gasteiger partial charge is 0.416 e. The molecule has 0 amide bonds. The Morgan fingerprint density at radius 1 is 1.14 bits per heavy atom. The molecule has 3 rings (SSSR count). The van der Waals surface area contributed by atoms with Crippen LogP contribution >= 0.6 is 0 Å².